The molecule has 3 nitrogen and oxygen atoms in total. The van der Waals surface area contributed by atoms with Crippen molar-refractivity contribution < 1.29 is 10.2 Å². The standard InChI is InChI=1S/C17H19NO2/c1-3-12(2)14-5-7-15(8-6-14)18-11-13-4-9-16(19)17(20)10-13/h4-12,19-20H,3H2,1-2H3. The molecule has 0 aromatic heterocycles. The fourth-order valence-electron chi connectivity index (χ4n) is 1.89. The molecule has 0 saturated carbocycles. The van der Waals surface area contributed by atoms with Crippen LogP contribution in [0.3, 0.4) is 0 Å². The molecule has 3 heteroatoms. The first-order valence-electron chi connectivity index (χ1n) is 6.76. The molecule has 0 saturated heterocycles. The highest BCUT2D eigenvalue weighted by atomic mass is 16.3. The number of aromatic hydroxyl groups is 2. The molecular formula is C17H19NO2. The lowest BCUT2D eigenvalue weighted by molar-refractivity contribution is 0.403. The van der Waals surface area contributed by atoms with Crippen LogP contribution in [0, 0.1) is 0 Å². The van der Waals surface area contributed by atoms with E-state index in [1.165, 1.54) is 17.7 Å². The van der Waals surface area contributed by atoms with Crippen molar-refractivity contribution in [1.29, 1.82) is 0 Å². The number of benzene rings is 2. The summed E-state index contributed by atoms with van der Waals surface area (Å²) < 4.78 is 0. The van der Waals surface area contributed by atoms with Crippen LogP contribution in [-0.4, -0.2) is 16.4 Å². The Hall–Kier alpha value is -2.29. The number of nitrogens with zero attached hydrogens (tertiary/aromatic N) is 1. The van der Waals surface area contributed by atoms with Crippen molar-refractivity contribution in [2.45, 2.75) is 26.2 Å². The first-order chi connectivity index (χ1) is 9.60. The molecule has 0 radical (unpaired) electrons. The summed E-state index contributed by atoms with van der Waals surface area (Å²) in [5.74, 6) is 0.295. The Morgan fingerprint density at radius 3 is 2.35 bits per heavy atom. The maximum absolute atomic E-state index is 9.41. The van der Waals surface area contributed by atoms with Gasteiger partial charge in [-0.25, -0.2) is 0 Å². The van der Waals surface area contributed by atoms with Gasteiger partial charge in [-0.15, -0.1) is 0 Å². The molecule has 0 bridgehead atoms. The fraction of sp³-hybridized carbons (Fsp3) is 0.235. The van der Waals surface area contributed by atoms with E-state index in [9.17, 15) is 10.2 Å². The van der Waals surface area contributed by atoms with Gasteiger partial charge in [-0.3, -0.25) is 4.99 Å². The van der Waals surface area contributed by atoms with Crippen molar-refractivity contribution >= 4 is 11.9 Å². The predicted molar refractivity (Wildman–Crippen MR) is 82.2 cm³/mol. The molecule has 0 fully saturated rings. The van der Waals surface area contributed by atoms with Gasteiger partial charge in [-0.05, 0) is 53.8 Å². The van der Waals surface area contributed by atoms with Crippen LogP contribution < -0.4 is 0 Å². The van der Waals surface area contributed by atoms with Gasteiger partial charge in [0.25, 0.3) is 0 Å². The minimum Gasteiger partial charge on any atom is -0.504 e. The molecule has 1 atom stereocenters. The van der Waals surface area contributed by atoms with E-state index in [4.69, 9.17) is 0 Å². The van der Waals surface area contributed by atoms with Crippen molar-refractivity contribution in [3.63, 3.8) is 0 Å². The molecular weight excluding hydrogens is 250 g/mol. The first-order valence-corrected chi connectivity index (χ1v) is 6.76. The zero-order valence-electron chi connectivity index (χ0n) is 11.7. The predicted octanol–water partition coefficient (Wildman–Crippen LogP) is 4.36. The Bertz CT molecular complexity index is 603. The van der Waals surface area contributed by atoms with E-state index in [0.29, 0.717) is 5.92 Å². The van der Waals surface area contributed by atoms with Crippen molar-refractivity contribution in [3.8, 4) is 11.5 Å². The number of hydrogen-bond acceptors (Lipinski definition) is 3. The third kappa shape index (κ3) is 3.38. The zero-order chi connectivity index (χ0) is 14.5. The van der Waals surface area contributed by atoms with Crippen LogP contribution in [0.15, 0.2) is 47.5 Å². The smallest absolute Gasteiger partial charge is 0.158 e. The number of hydrogen-bond donors (Lipinski definition) is 2. The summed E-state index contributed by atoms with van der Waals surface area (Å²) in [4.78, 5) is 4.36. The largest absolute Gasteiger partial charge is 0.504 e. The van der Waals surface area contributed by atoms with E-state index in [1.54, 1.807) is 12.3 Å². The zero-order valence-corrected chi connectivity index (χ0v) is 11.7. The maximum Gasteiger partial charge on any atom is 0.158 e. The highest BCUT2D eigenvalue weighted by Gasteiger charge is 2.02. The second-order valence-electron chi connectivity index (χ2n) is 4.91. The van der Waals surface area contributed by atoms with Crippen molar-refractivity contribution in [1.82, 2.24) is 0 Å². The summed E-state index contributed by atoms with van der Waals surface area (Å²) in [6, 6.07) is 12.8. The highest BCUT2D eigenvalue weighted by Crippen LogP contribution is 2.25. The molecule has 0 heterocycles. The van der Waals surface area contributed by atoms with Crippen molar-refractivity contribution in [2.24, 2.45) is 4.99 Å². The summed E-state index contributed by atoms with van der Waals surface area (Å²) in [5.41, 5.74) is 2.92. The average molecular weight is 269 g/mol. The van der Waals surface area contributed by atoms with E-state index in [0.717, 1.165) is 17.7 Å². The summed E-state index contributed by atoms with van der Waals surface area (Å²) >= 11 is 0. The average Bonchev–Trinajstić information content (AvgIpc) is 2.48. The molecule has 0 aliphatic carbocycles. The molecule has 2 aromatic carbocycles. The minimum absolute atomic E-state index is 0.125. The third-order valence-corrected chi connectivity index (χ3v) is 3.44. The van der Waals surface area contributed by atoms with Crippen LogP contribution in [0.5, 0.6) is 11.5 Å². The first kappa shape index (κ1) is 14.1. The molecule has 20 heavy (non-hydrogen) atoms. The molecule has 0 aliphatic heterocycles. The number of phenols is 2. The van der Waals surface area contributed by atoms with Gasteiger partial charge in [0.15, 0.2) is 11.5 Å². The van der Waals surface area contributed by atoms with E-state index in [1.807, 2.05) is 12.1 Å². The molecule has 0 amide bonds. The van der Waals surface area contributed by atoms with Crippen molar-refractivity contribution in [2.75, 3.05) is 0 Å². The van der Waals surface area contributed by atoms with Gasteiger partial charge in [0.2, 0.25) is 0 Å². The molecule has 2 N–H and O–H groups in total. The number of phenolic OH excluding ortho intramolecular Hbond substituents is 2. The minimum atomic E-state index is -0.138. The van der Waals surface area contributed by atoms with Crippen LogP contribution >= 0.6 is 0 Å². The van der Waals surface area contributed by atoms with Crippen LogP contribution in [0.2, 0.25) is 0 Å². The van der Waals surface area contributed by atoms with Gasteiger partial charge in [0.05, 0.1) is 5.69 Å². The molecule has 104 valence electrons. The van der Waals surface area contributed by atoms with Gasteiger partial charge < -0.3 is 10.2 Å². The van der Waals surface area contributed by atoms with Crippen LogP contribution in [0.25, 0.3) is 0 Å². The second-order valence-corrected chi connectivity index (χ2v) is 4.91. The lowest BCUT2D eigenvalue weighted by Crippen LogP contribution is -1.89. The highest BCUT2D eigenvalue weighted by molar-refractivity contribution is 5.83. The topological polar surface area (TPSA) is 52.8 Å². The lowest BCUT2D eigenvalue weighted by Gasteiger charge is -2.08. The maximum atomic E-state index is 9.41. The fourth-order valence-corrected chi connectivity index (χ4v) is 1.89. The summed E-state index contributed by atoms with van der Waals surface area (Å²) in [5, 5.41) is 18.7. The monoisotopic (exact) mass is 269 g/mol. The Morgan fingerprint density at radius 1 is 1.05 bits per heavy atom. The van der Waals surface area contributed by atoms with E-state index >= 15 is 0 Å². The summed E-state index contributed by atoms with van der Waals surface area (Å²) in [7, 11) is 0. The van der Waals surface area contributed by atoms with E-state index in [-0.39, 0.29) is 11.5 Å². The third-order valence-electron chi connectivity index (χ3n) is 3.44. The molecule has 0 aliphatic rings. The Labute approximate surface area is 119 Å². The van der Waals surface area contributed by atoms with Crippen LogP contribution in [-0.2, 0) is 0 Å². The lowest BCUT2D eigenvalue weighted by atomic mass is 9.99. The Kier molecular flexibility index (Phi) is 4.41. The molecule has 1 unspecified atom stereocenters. The van der Waals surface area contributed by atoms with E-state index in [2.05, 4.69) is 31.0 Å². The SMILES string of the molecule is CCC(C)c1ccc(N=Cc2ccc(O)c(O)c2)cc1. The molecule has 2 aromatic rings. The van der Waals surface area contributed by atoms with E-state index < -0.39 is 0 Å². The number of aliphatic imine (C=N–C) groups is 1. The normalized spacial score (nSPS) is 12.7. The van der Waals surface area contributed by atoms with Crippen molar-refractivity contribution in [3.05, 3.63) is 53.6 Å². The van der Waals surface area contributed by atoms with Gasteiger partial charge in [0, 0.05) is 6.21 Å². The quantitative estimate of drug-likeness (QED) is 0.640. The van der Waals surface area contributed by atoms with Gasteiger partial charge in [-0.1, -0.05) is 26.0 Å². The van der Waals surface area contributed by atoms with Gasteiger partial charge in [-0.2, -0.15) is 0 Å². The second kappa shape index (κ2) is 6.24. The van der Waals surface area contributed by atoms with Gasteiger partial charge >= 0.3 is 0 Å². The summed E-state index contributed by atoms with van der Waals surface area (Å²) in [6.07, 6.45) is 2.78. The Morgan fingerprint density at radius 2 is 1.75 bits per heavy atom. The Balaban J connectivity index is 2.13. The van der Waals surface area contributed by atoms with Crippen LogP contribution in [0.4, 0.5) is 5.69 Å². The number of rotatable bonds is 4. The molecule has 0 spiro atoms. The van der Waals surface area contributed by atoms with Crippen LogP contribution in [0.1, 0.15) is 37.3 Å². The summed E-state index contributed by atoms with van der Waals surface area (Å²) in [6.45, 7) is 4.38. The van der Waals surface area contributed by atoms with Gasteiger partial charge in [0.1, 0.15) is 0 Å². The molecule has 2 rings (SSSR count).